The summed E-state index contributed by atoms with van der Waals surface area (Å²) in [5.41, 5.74) is 2.12. The summed E-state index contributed by atoms with van der Waals surface area (Å²) in [6, 6.07) is 21.7. The Morgan fingerprint density at radius 2 is 1.70 bits per heavy atom. The molecule has 1 fully saturated rings. The molecule has 1 heterocycles. The molecular weight excluding hydrogens is 374 g/mol. The number of aromatic hydroxyl groups is 1. The molecule has 5 nitrogen and oxygen atoms in total. The number of likely N-dealkylation sites (N-methyl/N-ethyl adjacent to an activating group) is 1. The second-order valence-corrected chi connectivity index (χ2v) is 7.96. The third-order valence-electron chi connectivity index (χ3n) is 6.24. The summed E-state index contributed by atoms with van der Waals surface area (Å²) in [7, 11) is 0. The summed E-state index contributed by atoms with van der Waals surface area (Å²) in [5.74, 6) is 0.470. The summed E-state index contributed by atoms with van der Waals surface area (Å²) in [4.78, 5) is 19.1. The molecule has 0 aromatic heterocycles. The molecule has 2 N–H and O–H groups in total. The van der Waals surface area contributed by atoms with E-state index in [2.05, 4.69) is 36.1 Å². The Balaban J connectivity index is 1.47. The van der Waals surface area contributed by atoms with Crippen molar-refractivity contribution in [2.75, 3.05) is 42.5 Å². The Bertz CT molecular complexity index is 1010. The highest BCUT2D eigenvalue weighted by molar-refractivity contribution is 6.04. The van der Waals surface area contributed by atoms with Crippen molar-refractivity contribution in [2.45, 2.75) is 19.9 Å². The van der Waals surface area contributed by atoms with Crippen LogP contribution in [0.4, 0.5) is 11.4 Å². The number of amides is 1. The number of nitrogens with zero attached hydrogens (tertiary/aromatic N) is 2. The maximum absolute atomic E-state index is 13.5. The Kier molecular flexibility index (Phi) is 5.91. The van der Waals surface area contributed by atoms with Crippen molar-refractivity contribution in [1.29, 1.82) is 0 Å². The lowest BCUT2D eigenvalue weighted by atomic mass is 10.1. The van der Waals surface area contributed by atoms with Crippen molar-refractivity contribution >= 4 is 28.1 Å². The van der Waals surface area contributed by atoms with Gasteiger partial charge in [-0.15, -0.1) is 0 Å². The fraction of sp³-hybridized carbons (Fsp3) is 0.320. The summed E-state index contributed by atoms with van der Waals surface area (Å²) in [6.45, 7) is 8.40. The van der Waals surface area contributed by atoms with Gasteiger partial charge in [-0.05, 0) is 49.6 Å². The van der Waals surface area contributed by atoms with Crippen LogP contribution in [0.3, 0.4) is 0 Å². The van der Waals surface area contributed by atoms with Gasteiger partial charge in [-0.25, -0.2) is 0 Å². The van der Waals surface area contributed by atoms with E-state index in [0.29, 0.717) is 6.54 Å². The Labute approximate surface area is 178 Å². The van der Waals surface area contributed by atoms with Crippen LogP contribution in [0.5, 0.6) is 5.75 Å². The Morgan fingerprint density at radius 1 is 1.03 bits per heavy atom. The van der Waals surface area contributed by atoms with Crippen molar-refractivity contribution in [2.24, 2.45) is 0 Å². The van der Waals surface area contributed by atoms with E-state index in [-0.39, 0.29) is 17.7 Å². The summed E-state index contributed by atoms with van der Waals surface area (Å²) in [6.07, 6.45) is 0. The molecule has 0 saturated carbocycles. The minimum Gasteiger partial charge on any atom is -0.508 e. The highest BCUT2D eigenvalue weighted by atomic mass is 16.3. The van der Waals surface area contributed by atoms with Gasteiger partial charge in [0.1, 0.15) is 5.75 Å². The molecule has 156 valence electrons. The number of fused-ring (bicyclic) bond motifs is 1. The summed E-state index contributed by atoms with van der Waals surface area (Å²) >= 11 is 0. The first-order chi connectivity index (χ1) is 14.6. The van der Waals surface area contributed by atoms with Gasteiger partial charge >= 0.3 is 0 Å². The lowest BCUT2D eigenvalue weighted by molar-refractivity contribution is -0.914. The molecule has 0 spiro atoms. The second kappa shape index (κ2) is 8.76. The van der Waals surface area contributed by atoms with Gasteiger partial charge in [0.15, 0.2) is 6.04 Å². The zero-order valence-electron chi connectivity index (χ0n) is 17.7. The quantitative estimate of drug-likeness (QED) is 0.687. The van der Waals surface area contributed by atoms with E-state index in [4.69, 9.17) is 0 Å². The Morgan fingerprint density at radius 3 is 2.40 bits per heavy atom. The molecule has 4 rings (SSSR count). The lowest BCUT2D eigenvalue weighted by Gasteiger charge is -2.37. The fourth-order valence-corrected chi connectivity index (χ4v) is 4.45. The van der Waals surface area contributed by atoms with E-state index in [1.165, 1.54) is 4.90 Å². The van der Waals surface area contributed by atoms with Crippen molar-refractivity contribution < 1.29 is 14.8 Å². The first kappa shape index (κ1) is 20.2. The smallest absolute Gasteiger partial charge is 0.284 e. The number of hydrogen-bond acceptors (Lipinski definition) is 3. The number of anilines is 2. The Hall–Kier alpha value is -3.05. The maximum atomic E-state index is 13.5. The molecule has 5 heteroatoms. The van der Waals surface area contributed by atoms with Crippen LogP contribution in [0.25, 0.3) is 10.8 Å². The molecule has 0 aliphatic carbocycles. The summed E-state index contributed by atoms with van der Waals surface area (Å²) in [5, 5.41) is 11.8. The molecule has 1 amide bonds. The molecule has 1 atom stereocenters. The number of phenolic OH excluding ortho intramolecular Hbond substituents is 1. The fourth-order valence-electron chi connectivity index (χ4n) is 4.45. The number of carbonyl (C=O) groups excluding carboxylic acids is 1. The number of hydrogen-bond donors (Lipinski definition) is 2. The van der Waals surface area contributed by atoms with Gasteiger partial charge in [0, 0.05) is 17.6 Å². The van der Waals surface area contributed by atoms with Crippen LogP contribution in [0, 0.1) is 0 Å². The van der Waals surface area contributed by atoms with Gasteiger partial charge in [-0.2, -0.15) is 0 Å². The predicted molar refractivity (Wildman–Crippen MR) is 122 cm³/mol. The van der Waals surface area contributed by atoms with Gasteiger partial charge in [-0.1, -0.05) is 36.4 Å². The van der Waals surface area contributed by atoms with E-state index in [0.717, 1.165) is 48.3 Å². The second-order valence-electron chi connectivity index (χ2n) is 7.96. The monoisotopic (exact) mass is 404 g/mol. The first-order valence-electron chi connectivity index (χ1n) is 10.8. The van der Waals surface area contributed by atoms with Gasteiger partial charge in [-0.3, -0.25) is 4.79 Å². The molecule has 1 aliphatic rings. The zero-order valence-corrected chi connectivity index (χ0v) is 17.7. The number of carbonyl (C=O) groups is 1. The number of quaternary nitrogens is 1. The highest BCUT2D eigenvalue weighted by Gasteiger charge is 2.32. The average molecular weight is 405 g/mol. The third kappa shape index (κ3) is 3.98. The van der Waals surface area contributed by atoms with Crippen molar-refractivity contribution in [3.05, 3.63) is 66.7 Å². The number of phenols is 1. The van der Waals surface area contributed by atoms with E-state index in [9.17, 15) is 9.90 Å². The zero-order chi connectivity index (χ0) is 21.1. The molecule has 3 aromatic carbocycles. The van der Waals surface area contributed by atoms with Gasteiger partial charge in [0.05, 0.1) is 31.9 Å². The largest absolute Gasteiger partial charge is 0.508 e. The summed E-state index contributed by atoms with van der Waals surface area (Å²) < 4.78 is 0. The standard InChI is InChI=1S/C25H29N3O2/c1-3-28(24-10-6-8-20-7-4-5-9-23(20)24)25(30)19(2)26-15-17-27(18-16-26)21-11-13-22(29)14-12-21/h4-14,19,29H,3,15-18H2,1-2H3/p+1/t19-/m0/s1. The predicted octanol–water partition coefficient (Wildman–Crippen LogP) is 2.69. The van der Waals surface area contributed by atoms with Crippen LogP contribution in [-0.2, 0) is 4.79 Å². The number of benzene rings is 3. The molecule has 0 radical (unpaired) electrons. The number of piperazine rings is 1. The van der Waals surface area contributed by atoms with Crippen LogP contribution in [-0.4, -0.2) is 49.8 Å². The minimum atomic E-state index is -0.0918. The normalized spacial score (nSPS) is 15.9. The van der Waals surface area contributed by atoms with Gasteiger partial charge < -0.3 is 19.8 Å². The van der Waals surface area contributed by atoms with E-state index in [1.54, 1.807) is 12.1 Å². The van der Waals surface area contributed by atoms with Crippen LogP contribution in [0.1, 0.15) is 13.8 Å². The van der Waals surface area contributed by atoms with Gasteiger partial charge in [0.2, 0.25) is 0 Å². The highest BCUT2D eigenvalue weighted by Crippen LogP contribution is 2.27. The molecule has 1 saturated heterocycles. The lowest BCUT2D eigenvalue weighted by Crippen LogP contribution is -3.19. The SMILES string of the molecule is CCN(C(=O)[C@H](C)[NH+]1CCN(c2ccc(O)cc2)CC1)c1cccc2ccccc12. The molecule has 0 bridgehead atoms. The van der Waals surface area contributed by atoms with Crippen molar-refractivity contribution in [1.82, 2.24) is 0 Å². The van der Waals surface area contributed by atoms with Crippen LogP contribution in [0.2, 0.25) is 0 Å². The maximum Gasteiger partial charge on any atom is 0.284 e. The molecule has 30 heavy (non-hydrogen) atoms. The van der Waals surface area contributed by atoms with E-state index in [1.807, 2.05) is 42.2 Å². The van der Waals surface area contributed by atoms with Crippen LogP contribution >= 0.6 is 0 Å². The van der Waals surface area contributed by atoms with Crippen LogP contribution < -0.4 is 14.7 Å². The average Bonchev–Trinajstić information content (AvgIpc) is 2.80. The van der Waals surface area contributed by atoms with Crippen molar-refractivity contribution in [3.8, 4) is 5.75 Å². The topological polar surface area (TPSA) is 48.2 Å². The molecule has 3 aromatic rings. The van der Waals surface area contributed by atoms with Crippen LogP contribution in [0.15, 0.2) is 66.7 Å². The van der Waals surface area contributed by atoms with Crippen molar-refractivity contribution in [3.63, 3.8) is 0 Å². The first-order valence-corrected chi connectivity index (χ1v) is 10.8. The minimum absolute atomic E-state index is 0.0918. The number of rotatable bonds is 5. The molecule has 0 unspecified atom stereocenters. The molecule has 1 aliphatic heterocycles. The van der Waals surface area contributed by atoms with E-state index < -0.39 is 0 Å². The van der Waals surface area contributed by atoms with Gasteiger partial charge in [0.25, 0.3) is 5.91 Å². The third-order valence-corrected chi connectivity index (χ3v) is 6.24. The number of nitrogens with one attached hydrogen (secondary N) is 1. The molecular formula is C25H30N3O2+. The van der Waals surface area contributed by atoms with E-state index >= 15 is 0 Å².